The van der Waals surface area contributed by atoms with E-state index in [1.165, 1.54) is 26.9 Å². The number of carbonyl (C=O) groups excluding carboxylic acids is 10. The Morgan fingerprint density at radius 1 is 0.411 bits per heavy atom. The van der Waals surface area contributed by atoms with Crippen LogP contribution >= 0.6 is 0 Å². The predicted octanol–water partition coefficient (Wildman–Crippen LogP) is 14.3. The quantitative estimate of drug-likeness (QED) is 0.0258. The van der Waals surface area contributed by atoms with Crippen molar-refractivity contribution in [2.45, 2.75) is 215 Å². The third-order valence-corrected chi connectivity index (χ3v) is 30.0. The monoisotopic (exact) mass is 1920 g/mol. The van der Waals surface area contributed by atoms with Gasteiger partial charge >= 0.3 is 36.2 Å². The number of benzene rings is 6. The minimum absolute atomic E-state index is 0.00221. The molecule has 0 spiro atoms. The number of nitrogens with zero attached hydrogens (tertiary/aromatic N) is 12. The third-order valence-electron chi connectivity index (χ3n) is 30.0. The molecule has 0 aromatic heterocycles. The number of rotatable bonds is 26. The number of piperidine rings is 1. The zero-order valence-electron chi connectivity index (χ0n) is 80.9. The molecule has 2 bridgehead atoms. The lowest BCUT2D eigenvalue weighted by molar-refractivity contribution is -0.148. The van der Waals surface area contributed by atoms with Gasteiger partial charge in [-0.05, 0) is 188 Å². The second-order valence-electron chi connectivity index (χ2n) is 39.1. The standard InChI is InChI=1S/C33H37N3O5.C30H33N3O5.C23H23NO5.C15H21N3O2.C9H15N3O/c1-3-17-40-32(38)30-18-23(15-14-22(2)31(37)35-16-8-9-24(35)19-34)20-36(30)33(39)41-21-29-27-12-6-4-10-25(27)26-11-5-7-13-28(26)29;1-19(28(34)32-14-6-7-21(32)16-31)12-13-20-15-27(29(35)36)33(17-20)30(37)38-18-26-24-10-4-2-8-22(24)23-9-3-5-11-25(23)26;1-2-11-28-22(26)21-12-15(25)13-24(21)23(27)29-14-20-18-9-5-3-7-16(18)17-8-4-6-10-19(17)20;1-10(14(19)17-6-2-3-13(17)8-16)9-18-12-5-4-11(7-12)15(18)20;1-7(5-10)9(13)12-4-2-3-8(12)6-11/h3-7,10-13,22-24,29-30H,1,8-9,14-18,20-21H2,2H3;2-5,8-11,19-21,26-27H,6-7,12-15,17-18H2,1H3,(H,35,36);2-10,15,20-21,25H,1,11-14H2;10-13H,2-7,9H2,1H3;7-8H,2-5,10H2,1H3/t22-,23-,24-,30?;19-,20-,21-,27?;15-,21+;10-,11-,12+,13-;7-,8-/m00100/s1. The number of aliphatic hydroxyl groups excluding tert-OH is 1. The SMILES string of the molecule is C=CCOC(=O)C1C[C@H](CC[C@H](C)C(=O)N2CCC[C@H]2C#N)CN1C(=O)OCC1c2ccccc2-c2ccccc21.C=CCOC(=O)[C@@H]1C[C@@H](O)CN1C(=O)OCC1c2ccccc2-c2ccccc21.C[C@@H](CC[C@H]1CC(C(=O)O)N(C(=O)OCC2c3ccccc3-c3ccccc32)C1)C(=O)N1CCC[C@H]1C#N.C[C@@H](CN)C(=O)N1CCC[C@H]1C#N.C[C@@H](CN1C(=O)[C@H]2CC[C@@H]1C2)C(=O)N1CCC[C@H]1C#N. The van der Waals surface area contributed by atoms with Crippen LogP contribution in [0, 0.1) is 86.7 Å². The van der Waals surface area contributed by atoms with Crippen LogP contribution in [-0.2, 0) is 62.0 Å². The van der Waals surface area contributed by atoms with Gasteiger partial charge in [-0.3, -0.25) is 38.7 Å². The Balaban J connectivity index is 0.000000146. The van der Waals surface area contributed by atoms with Crippen molar-refractivity contribution >= 4 is 65.7 Å². The highest BCUT2D eigenvalue weighted by molar-refractivity contribution is 5.88. The van der Waals surface area contributed by atoms with Gasteiger partial charge in [-0.25, -0.2) is 28.8 Å². The minimum atomic E-state index is -1.04. The molecule has 141 heavy (non-hydrogen) atoms. The Morgan fingerprint density at radius 2 is 0.723 bits per heavy atom. The van der Waals surface area contributed by atoms with Gasteiger partial charge in [-0.15, -0.1) is 0 Å². The molecule has 1 saturated carbocycles. The van der Waals surface area contributed by atoms with E-state index in [4.69, 9.17) is 39.9 Å². The highest BCUT2D eigenvalue weighted by atomic mass is 16.6. The van der Waals surface area contributed by atoms with Gasteiger partial charge in [-0.1, -0.05) is 199 Å². The molecule has 8 saturated heterocycles. The maximum Gasteiger partial charge on any atom is 0.410 e. The lowest BCUT2D eigenvalue weighted by Crippen LogP contribution is -2.45. The minimum Gasteiger partial charge on any atom is -0.480 e. The average Bonchev–Trinajstić information content (AvgIpc) is 1.61. The molecule has 31 heteroatoms. The average molecular weight is 1920 g/mol. The van der Waals surface area contributed by atoms with Crippen LogP contribution in [0.25, 0.3) is 33.4 Å². The molecule has 9 fully saturated rings. The van der Waals surface area contributed by atoms with Gasteiger partial charge in [0.15, 0.2) is 0 Å². The van der Waals surface area contributed by atoms with Crippen LogP contribution in [0.4, 0.5) is 14.4 Å². The summed E-state index contributed by atoms with van der Waals surface area (Å²) in [6.07, 6.45) is 13.5. The second kappa shape index (κ2) is 47.9. The first-order valence-corrected chi connectivity index (χ1v) is 49.8. The Bertz CT molecular complexity index is 5630. The van der Waals surface area contributed by atoms with Crippen molar-refractivity contribution in [2.75, 3.05) is 91.9 Å². The molecule has 6 aromatic rings. The number of hydrogen-bond acceptors (Lipinski definition) is 22. The fourth-order valence-electron chi connectivity index (χ4n) is 22.5. The van der Waals surface area contributed by atoms with Crippen molar-refractivity contribution in [3.05, 3.63) is 204 Å². The van der Waals surface area contributed by atoms with Crippen molar-refractivity contribution in [2.24, 2.45) is 47.2 Å². The molecule has 12 aliphatic rings. The summed E-state index contributed by atoms with van der Waals surface area (Å²) in [5.41, 5.74) is 18.9. The number of likely N-dealkylation sites (tertiary alicyclic amines) is 8. The summed E-state index contributed by atoms with van der Waals surface area (Å²) in [4.78, 5) is 151. The molecule has 0 radical (unpaired) electrons. The molecule has 8 amide bonds. The van der Waals surface area contributed by atoms with Crippen LogP contribution in [0.3, 0.4) is 0 Å². The smallest absolute Gasteiger partial charge is 0.410 e. The Hall–Kier alpha value is -13.8. The number of carboxylic acids is 1. The molecule has 2 unspecified atom stereocenters. The van der Waals surface area contributed by atoms with E-state index in [-0.39, 0.29) is 159 Å². The number of amides is 8. The first kappa shape index (κ1) is 103. The maximum atomic E-state index is 13.4. The molecule has 6 aromatic carbocycles. The summed E-state index contributed by atoms with van der Waals surface area (Å²) in [6.45, 7) is 19.4. The number of esters is 2. The van der Waals surface area contributed by atoms with Crippen LogP contribution in [-0.4, -0.2) is 262 Å². The van der Waals surface area contributed by atoms with Crippen LogP contribution in [0.1, 0.15) is 194 Å². The number of aliphatic hydroxyl groups is 1. The molecule has 4 aliphatic carbocycles. The van der Waals surface area contributed by atoms with Gasteiger partial charge in [0.2, 0.25) is 29.5 Å². The molecular weight excluding hydrogens is 1790 g/mol. The van der Waals surface area contributed by atoms with E-state index in [1.807, 2.05) is 123 Å². The molecular formula is C110H129N13O18. The van der Waals surface area contributed by atoms with E-state index in [1.54, 1.807) is 26.5 Å². The van der Waals surface area contributed by atoms with E-state index in [0.29, 0.717) is 103 Å². The van der Waals surface area contributed by atoms with Crippen molar-refractivity contribution in [3.8, 4) is 57.7 Å². The first-order chi connectivity index (χ1) is 68.2. The van der Waals surface area contributed by atoms with E-state index < -0.39 is 60.4 Å². The van der Waals surface area contributed by atoms with Gasteiger partial charge in [0.1, 0.15) is 75.3 Å². The lowest BCUT2D eigenvalue weighted by atomic mass is 9.94. The van der Waals surface area contributed by atoms with Crippen LogP contribution < -0.4 is 5.73 Å². The van der Waals surface area contributed by atoms with E-state index in [0.717, 1.165) is 131 Å². The lowest BCUT2D eigenvalue weighted by Gasteiger charge is -2.31. The zero-order valence-corrected chi connectivity index (χ0v) is 80.9. The normalized spacial score (nSPS) is 23.7. The van der Waals surface area contributed by atoms with Gasteiger partial charge in [0.25, 0.3) is 0 Å². The van der Waals surface area contributed by atoms with Gasteiger partial charge in [-0.2, -0.15) is 21.0 Å². The fraction of sp³-hybridized carbons (Fsp3) is 0.500. The van der Waals surface area contributed by atoms with Crippen molar-refractivity contribution in [3.63, 3.8) is 0 Å². The van der Waals surface area contributed by atoms with Gasteiger partial charge in [0.05, 0.1) is 42.8 Å². The van der Waals surface area contributed by atoms with Crippen LogP contribution in [0.2, 0.25) is 0 Å². The number of carbonyl (C=O) groups is 11. The van der Waals surface area contributed by atoms with E-state index in [2.05, 4.69) is 86.0 Å². The molecule has 31 nitrogen and oxygen atoms in total. The molecule has 8 heterocycles. The predicted molar refractivity (Wildman–Crippen MR) is 522 cm³/mol. The highest BCUT2D eigenvalue weighted by Gasteiger charge is 2.49. The molecule has 18 rings (SSSR count). The van der Waals surface area contributed by atoms with E-state index >= 15 is 0 Å². The summed E-state index contributed by atoms with van der Waals surface area (Å²) < 4.78 is 27.6. The number of ether oxygens (including phenoxy) is 5. The molecule has 16 atom stereocenters. The third kappa shape index (κ3) is 23.5. The van der Waals surface area contributed by atoms with Gasteiger partial charge in [0, 0.05) is 106 Å². The summed E-state index contributed by atoms with van der Waals surface area (Å²) >= 11 is 0. The van der Waals surface area contributed by atoms with Crippen LogP contribution in [0.5, 0.6) is 0 Å². The van der Waals surface area contributed by atoms with E-state index in [9.17, 15) is 73.5 Å². The summed E-state index contributed by atoms with van der Waals surface area (Å²) in [7, 11) is 0. The topological polar surface area (TPSA) is 421 Å². The fourth-order valence-corrected chi connectivity index (χ4v) is 22.5. The Morgan fingerprint density at radius 3 is 1.04 bits per heavy atom. The first-order valence-electron chi connectivity index (χ1n) is 49.8. The number of fused-ring (bicyclic) bond motifs is 11. The second-order valence-corrected chi connectivity index (χ2v) is 39.1. The molecule has 8 aliphatic heterocycles. The summed E-state index contributed by atoms with van der Waals surface area (Å²) in [5, 5.41) is 56.3. The summed E-state index contributed by atoms with van der Waals surface area (Å²) in [5.74, 6) is -2.69. The number of carboxylic acid groups (broad SMARTS) is 1. The number of β-amino-alcohol motifs (C(OH)–C–C–N with tert-alkyl or cyclic N) is 1. The highest BCUT2D eigenvalue weighted by Crippen LogP contribution is 2.49. The number of nitrogens with two attached hydrogens (primary N) is 1. The van der Waals surface area contributed by atoms with Crippen molar-refractivity contribution in [1.29, 1.82) is 21.0 Å². The zero-order chi connectivity index (χ0) is 100. The van der Waals surface area contributed by atoms with Gasteiger partial charge < -0.3 is 64.1 Å². The van der Waals surface area contributed by atoms with Crippen LogP contribution in [0.15, 0.2) is 171 Å². The molecule has 4 N–H and O–H groups in total. The van der Waals surface area contributed by atoms with Crippen molar-refractivity contribution < 1.29 is 86.6 Å². The Labute approximate surface area is 824 Å². The number of aliphatic carboxylic acids is 1. The largest absolute Gasteiger partial charge is 0.480 e. The number of nitriles is 4. The summed E-state index contributed by atoms with van der Waals surface area (Å²) in [6, 6.07) is 54.1. The molecule has 742 valence electrons. The Kier molecular flexibility index (Phi) is 35.1. The maximum absolute atomic E-state index is 13.4. The van der Waals surface area contributed by atoms with Crippen molar-refractivity contribution in [1.82, 2.24) is 39.2 Å². The number of hydrogen-bond donors (Lipinski definition) is 3.